The van der Waals surface area contributed by atoms with Gasteiger partial charge < -0.3 is 15.3 Å². The van der Waals surface area contributed by atoms with E-state index in [0.29, 0.717) is 6.54 Å². The lowest BCUT2D eigenvalue weighted by Crippen LogP contribution is -2.38. The number of hydrogen-bond donors (Lipinski definition) is 2. The number of anilines is 2. The summed E-state index contributed by atoms with van der Waals surface area (Å²) < 4.78 is 0. The van der Waals surface area contributed by atoms with E-state index in [1.807, 2.05) is 6.92 Å². The van der Waals surface area contributed by atoms with E-state index in [4.69, 9.17) is 0 Å². The van der Waals surface area contributed by atoms with E-state index in [0.717, 1.165) is 13.1 Å². The summed E-state index contributed by atoms with van der Waals surface area (Å²) >= 11 is 0. The number of rotatable bonds is 2. The Bertz CT molecular complexity index is 349. The van der Waals surface area contributed by atoms with Crippen LogP contribution in [0.2, 0.25) is 0 Å². The van der Waals surface area contributed by atoms with Crippen LogP contribution in [-0.2, 0) is 0 Å². The largest absolute Gasteiger partial charge is 0.392 e. The number of aryl methyl sites for hydroxylation is 1. The molecule has 0 saturated heterocycles. The second-order valence-electron chi connectivity index (χ2n) is 4.24. The summed E-state index contributed by atoms with van der Waals surface area (Å²) in [6.45, 7) is 6.54. The number of nitrogens with zero attached hydrogens (tertiary/aromatic N) is 1. The molecule has 1 heterocycles. The van der Waals surface area contributed by atoms with Crippen LogP contribution in [0, 0.1) is 6.92 Å². The second kappa shape index (κ2) is 4.11. The van der Waals surface area contributed by atoms with Gasteiger partial charge in [-0.15, -0.1) is 0 Å². The highest BCUT2D eigenvalue weighted by Crippen LogP contribution is 2.29. The first-order valence-corrected chi connectivity index (χ1v) is 5.44. The van der Waals surface area contributed by atoms with Crippen molar-refractivity contribution >= 4 is 11.4 Å². The Hall–Kier alpha value is -1.22. The third kappa shape index (κ3) is 2.23. The fraction of sp³-hybridized carbons (Fsp3) is 0.500. The Kier molecular flexibility index (Phi) is 2.82. The van der Waals surface area contributed by atoms with Crippen molar-refractivity contribution in [3.8, 4) is 0 Å². The molecule has 0 bridgehead atoms. The van der Waals surface area contributed by atoms with E-state index in [2.05, 4.69) is 35.3 Å². The maximum atomic E-state index is 9.42. The van der Waals surface area contributed by atoms with Gasteiger partial charge in [0.15, 0.2) is 0 Å². The molecule has 15 heavy (non-hydrogen) atoms. The average Bonchev–Trinajstić information content (AvgIpc) is 2.16. The predicted molar refractivity (Wildman–Crippen MR) is 63.6 cm³/mol. The lowest BCUT2D eigenvalue weighted by molar-refractivity contribution is 0.200. The van der Waals surface area contributed by atoms with Gasteiger partial charge in [-0.05, 0) is 31.5 Å². The number of fused-ring (bicyclic) bond motifs is 1. The molecular formula is C12H18N2O. The monoisotopic (exact) mass is 206 g/mol. The SMILES string of the molecule is Cc1ccc2c(c1)NCCN2CC(C)O. The molecule has 1 aliphatic heterocycles. The number of benzene rings is 1. The Morgan fingerprint density at radius 1 is 1.53 bits per heavy atom. The molecule has 1 aromatic carbocycles. The Balaban J connectivity index is 2.26. The standard InChI is InChI=1S/C12H18N2O/c1-9-3-4-12-11(7-9)13-5-6-14(12)8-10(2)15/h3-4,7,10,13,15H,5-6,8H2,1-2H3. The van der Waals surface area contributed by atoms with Crippen molar-refractivity contribution in [1.29, 1.82) is 0 Å². The maximum absolute atomic E-state index is 9.42. The van der Waals surface area contributed by atoms with Gasteiger partial charge >= 0.3 is 0 Å². The quantitative estimate of drug-likeness (QED) is 0.771. The van der Waals surface area contributed by atoms with Crippen LogP contribution in [0.3, 0.4) is 0 Å². The van der Waals surface area contributed by atoms with Crippen molar-refractivity contribution in [3.63, 3.8) is 0 Å². The molecule has 0 saturated carbocycles. The average molecular weight is 206 g/mol. The summed E-state index contributed by atoms with van der Waals surface area (Å²) in [5.74, 6) is 0. The topological polar surface area (TPSA) is 35.5 Å². The third-order valence-corrected chi connectivity index (χ3v) is 2.67. The minimum atomic E-state index is -0.280. The predicted octanol–water partition coefficient (Wildman–Crippen LogP) is 1.61. The summed E-state index contributed by atoms with van der Waals surface area (Å²) in [5.41, 5.74) is 3.65. The molecule has 0 radical (unpaired) electrons. The van der Waals surface area contributed by atoms with E-state index in [1.54, 1.807) is 0 Å². The molecule has 2 N–H and O–H groups in total. The summed E-state index contributed by atoms with van der Waals surface area (Å²) in [6.07, 6.45) is -0.280. The first-order chi connectivity index (χ1) is 7.16. The fourth-order valence-electron chi connectivity index (χ4n) is 2.02. The minimum Gasteiger partial charge on any atom is -0.392 e. The van der Waals surface area contributed by atoms with Crippen molar-refractivity contribution in [3.05, 3.63) is 23.8 Å². The van der Waals surface area contributed by atoms with E-state index in [1.165, 1.54) is 16.9 Å². The highest BCUT2D eigenvalue weighted by Gasteiger charge is 2.17. The van der Waals surface area contributed by atoms with Gasteiger partial charge in [0, 0.05) is 19.6 Å². The summed E-state index contributed by atoms with van der Waals surface area (Å²) in [6, 6.07) is 6.39. The Morgan fingerprint density at radius 2 is 2.33 bits per heavy atom. The molecule has 82 valence electrons. The molecule has 1 aliphatic rings. The molecule has 1 aromatic rings. The van der Waals surface area contributed by atoms with Crippen molar-refractivity contribution < 1.29 is 5.11 Å². The highest BCUT2D eigenvalue weighted by atomic mass is 16.3. The maximum Gasteiger partial charge on any atom is 0.0687 e. The van der Waals surface area contributed by atoms with Crippen molar-refractivity contribution in [2.24, 2.45) is 0 Å². The highest BCUT2D eigenvalue weighted by molar-refractivity contribution is 5.72. The zero-order valence-electron chi connectivity index (χ0n) is 9.33. The van der Waals surface area contributed by atoms with Crippen LogP contribution in [-0.4, -0.2) is 30.8 Å². The van der Waals surface area contributed by atoms with Gasteiger partial charge in [-0.3, -0.25) is 0 Å². The molecule has 3 heteroatoms. The molecule has 0 spiro atoms. The Morgan fingerprint density at radius 3 is 3.07 bits per heavy atom. The molecule has 2 rings (SSSR count). The number of hydrogen-bond acceptors (Lipinski definition) is 3. The normalized spacial score (nSPS) is 16.9. The third-order valence-electron chi connectivity index (χ3n) is 2.67. The second-order valence-corrected chi connectivity index (χ2v) is 4.24. The number of nitrogens with one attached hydrogen (secondary N) is 1. The van der Waals surface area contributed by atoms with Gasteiger partial charge in [0.1, 0.15) is 0 Å². The van der Waals surface area contributed by atoms with E-state index >= 15 is 0 Å². The van der Waals surface area contributed by atoms with E-state index in [9.17, 15) is 5.11 Å². The zero-order valence-corrected chi connectivity index (χ0v) is 9.33. The summed E-state index contributed by atoms with van der Waals surface area (Å²) in [7, 11) is 0. The van der Waals surface area contributed by atoms with Gasteiger partial charge in [-0.25, -0.2) is 0 Å². The fourth-order valence-corrected chi connectivity index (χ4v) is 2.02. The number of aliphatic hydroxyl groups is 1. The van der Waals surface area contributed by atoms with Gasteiger partial charge in [-0.2, -0.15) is 0 Å². The molecule has 0 amide bonds. The van der Waals surface area contributed by atoms with E-state index in [-0.39, 0.29) is 6.10 Å². The van der Waals surface area contributed by atoms with Gasteiger partial charge in [-0.1, -0.05) is 6.07 Å². The smallest absolute Gasteiger partial charge is 0.0687 e. The lowest BCUT2D eigenvalue weighted by atomic mass is 10.1. The Labute approximate surface area is 90.7 Å². The molecule has 0 fully saturated rings. The van der Waals surface area contributed by atoms with Gasteiger partial charge in [0.05, 0.1) is 17.5 Å². The summed E-state index contributed by atoms with van der Waals surface area (Å²) in [5, 5.41) is 12.8. The first-order valence-electron chi connectivity index (χ1n) is 5.44. The van der Waals surface area contributed by atoms with Crippen molar-refractivity contribution in [2.75, 3.05) is 29.9 Å². The minimum absolute atomic E-state index is 0.280. The van der Waals surface area contributed by atoms with Crippen molar-refractivity contribution in [1.82, 2.24) is 0 Å². The van der Waals surface area contributed by atoms with Crippen molar-refractivity contribution in [2.45, 2.75) is 20.0 Å². The van der Waals surface area contributed by atoms with Crippen LogP contribution in [0.4, 0.5) is 11.4 Å². The van der Waals surface area contributed by atoms with Gasteiger partial charge in [0.2, 0.25) is 0 Å². The van der Waals surface area contributed by atoms with Crippen LogP contribution < -0.4 is 10.2 Å². The zero-order chi connectivity index (χ0) is 10.8. The van der Waals surface area contributed by atoms with Crippen LogP contribution in [0.15, 0.2) is 18.2 Å². The number of aliphatic hydroxyl groups excluding tert-OH is 1. The molecule has 3 nitrogen and oxygen atoms in total. The summed E-state index contributed by atoms with van der Waals surface area (Å²) in [4.78, 5) is 2.23. The molecule has 1 atom stereocenters. The van der Waals surface area contributed by atoms with Crippen LogP contribution >= 0.6 is 0 Å². The van der Waals surface area contributed by atoms with Crippen LogP contribution in [0.25, 0.3) is 0 Å². The molecular weight excluding hydrogens is 188 g/mol. The van der Waals surface area contributed by atoms with Crippen LogP contribution in [0.5, 0.6) is 0 Å². The molecule has 0 aromatic heterocycles. The van der Waals surface area contributed by atoms with Gasteiger partial charge in [0.25, 0.3) is 0 Å². The van der Waals surface area contributed by atoms with Crippen LogP contribution in [0.1, 0.15) is 12.5 Å². The first kappa shape index (κ1) is 10.3. The number of β-amino-alcohol motifs (C(OH)–C–C–N with tert-alkyl or cyclic N) is 1. The molecule has 1 unspecified atom stereocenters. The lowest BCUT2D eigenvalue weighted by Gasteiger charge is -2.33. The van der Waals surface area contributed by atoms with E-state index < -0.39 is 0 Å². The molecule has 0 aliphatic carbocycles.